The third-order valence-electron chi connectivity index (χ3n) is 2.10. The van der Waals surface area contributed by atoms with Gasteiger partial charge in [0.25, 0.3) is 0 Å². The second-order valence-electron chi connectivity index (χ2n) is 4.90. The maximum atomic E-state index is 8.78. The topological polar surface area (TPSA) is 33.0 Å². The van der Waals surface area contributed by atoms with Crippen LogP contribution in [0, 0.1) is 11.3 Å². The minimum Gasteiger partial charge on any atom is -0.410 e. The summed E-state index contributed by atoms with van der Waals surface area (Å²) in [6.07, 6.45) is 4.32. The highest BCUT2D eigenvalue weighted by molar-refractivity contribution is 6.69. The molecule has 90 valence electrons. The molecule has 1 atom stereocenters. The number of rotatable bonds is 5. The molecule has 0 saturated carbocycles. The maximum Gasteiger partial charge on any atom is 0.184 e. The molecule has 1 aromatic rings. The highest BCUT2D eigenvalue weighted by Crippen LogP contribution is 2.12. The Morgan fingerprint density at radius 3 is 2.47 bits per heavy atom. The first-order valence-corrected chi connectivity index (χ1v) is 9.20. The van der Waals surface area contributed by atoms with Crippen molar-refractivity contribution in [3.05, 3.63) is 42.0 Å². The maximum absolute atomic E-state index is 8.78. The molecule has 17 heavy (non-hydrogen) atoms. The van der Waals surface area contributed by atoms with Crippen LogP contribution in [0.15, 0.2) is 36.4 Å². The first-order chi connectivity index (χ1) is 8.01. The summed E-state index contributed by atoms with van der Waals surface area (Å²) in [7, 11) is -1.60. The average Bonchev–Trinajstić information content (AvgIpc) is 2.26. The second-order valence-corrected chi connectivity index (χ2v) is 9.36. The van der Waals surface area contributed by atoms with Crippen LogP contribution in [0.1, 0.15) is 12.0 Å². The van der Waals surface area contributed by atoms with E-state index in [0.717, 1.165) is 5.56 Å². The molecule has 1 rings (SSSR count). The van der Waals surface area contributed by atoms with Crippen molar-refractivity contribution in [1.29, 1.82) is 5.26 Å². The summed E-state index contributed by atoms with van der Waals surface area (Å²) in [5.74, 6) is 0. The first kappa shape index (κ1) is 13.7. The van der Waals surface area contributed by atoms with Crippen molar-refractivity contribution in [3.63, 3.8) is 0 Å². The van der Waals surface area contributed by atoms with E-state index >= 15 is 0 Å². The number of benzene rings is 1. The molecule has 0 heterocycles. The Labute approximate surface area is 105 Å². The molecule has 0 radical (unpaired) electrons. The second kappa shape index (κ2) is 6.38. The highest BCUT2D eigenvalue weighted by atomic mass is 28.4. The van der Waals surface area contributed by atoms with Crippen LogP contribution in [-0.4, -0.2) is 14.4 Å². The van der Waals surface area contributed by atoms with Gasteiger partial charge < -0.3 is 4.43 Å². The summed E-state index contributed by atoms with van der Waals surface area (Å²) in [6, 6.07) is 12.2. The van der Waals surface area contributed by atoms with E-state index in [2.05, 4.69) is 25.7 Å². The molecule has 2 nitrogen and oxygen atoms in total. The minimum atomic E-state index is -1.60. The third-order valence-corrected chi connectivity index (χ3v) is 3.11. The van der Waals surface area contributed by atoms with Crippen LogP contribution in [0.3, 0.4) is 0 Å². The predicted molar refractivity (Wildman–Crippen MR) is 73.9 cm³/mol. The van der Waals surface area contributed by atoms with Gasteiger partial charge in [0.1, 0.15) is 0 Å². The van der Waals surface area contributed by atoms with Crippen LogP contribution < -0.4 is 0 Å². The number of hydrogen-bond donors (Lipinski definition) is 0. The van der Waals surface area contributed by atoms with Gasteiger partial charge in [0.2, 0.25) is 0 Å². The van der Waals surface area contributed by atoms with Crippen molar-refractivity contribution in [2.75, 3.05) is 0 Å². The molecule has 0 saturated heterocycles. The van der Waals surface area contributed by atoms with Crippen molar-refractivity contribution in [2.24, 2.45) is 0 Å². The van der Waals surface area contributed by atoms with Crippen LogP contribution in [-0.2, 0) is 4.43 Å². The summed E-state index contributed by atoms with van der Waals surface area (Å²) >= 11 is 0. The van der Waals surface area contributed by atoms with Gasteiger partial charge in [-0.15, -0.1) is 0 Å². The van der Waals surface area contributed by atoms with E-state index < -0.39 is 8.32 Å². The lowest BCUT2D eigenvalue weighted by atomic mass is 10.1. The number of nitrogens with zero attached hydrogens (tertiary/aromatic N) is 1. The lowest BCUT2D eigenvalue weighted by Gasteiger charge is -2.22. The minimum absolute atomic E-state index is 0.0909. The van der Waals surface area contributed by atoms with E-state index in [0.29, 0.717) is 6.42 Å². The van der Waals surface area contributed by atoms with Crippen LogP contribution >= 0.6 is 0 Å². The summed E-state index contributed by atoms with van der Waals surface area (Å²) < 4.78 is 5.93. The molecule has 0 bridgehead atoms. The third kappa shape index (κ3) is 6.05. The van der Waals surface area contributed by atoms with Gasteiger partial charge in [-0.2, -0.15) is 5.26 Å². The molecule has 0 amide bonds. The average molecular weight is 245 g/mol. The van der Waals surface area contributed by atoms with Crippen LogP contribution in [0.4, 0.5) is 0 Å². The fourth-order valence-corrected chi connectivity index (χ4v) is 2.55. The zero-order chi connectivity index (χ0) is 12.7. The van der Waals surface area contributed by atoms with Gasteiger partial charge in [0.15, 0.2) is 8.32 Å². The van der Waals surface area contributed by atoms with Gasteiger partial charge in [-0.3, -0.25) is 0 Å². The summed E-state index contributed by atoms with van der Waals surface area (Å²) in [5.41, 5.74) is 1.13. The fraction of sp³-hybridized carbons (Fsp3) is 0.357. The molecule has 0 aromatic heterocycles. The molecular weight excluding hydrogens is 226 g/mol. The van der Waals surface area contributed by atoms with E-state index in [1.165, 1.54) is 0 Å². The Balaban J connectivity index is 2.67. The molecule has 0 fully saturated rings. The summed E-state index contributed by atoms with van der Waals surface area (Å²) in [5, 5.41) is 8.78. The molecular formula is C14H19NOSi. The SMILES string of the molecule is C[Si](C)(C)OC(/C=C/c1ccccc1)CC#N. The Kier molecular flexibility index (Phi) is 5.14. The highest BCUT2D eigenvalue weighted by Gasteiger charge is 2.19. The largest absolute Gasteiger partial charge is 0.410 e. The molecule has 3 heteroatoms. The van der Waals surface area contributed by atoms with Crippen molar-refractivity contribution >= 4 is 14.4 Å². The zero-order valence-electron chi connectivity index (χ0n) is 10.7. The van der Waals surface area contributed by atoms with E-state index in [9.17, 15) is 0 Å². The van der Waals surface area contributed by atoms with Crippen LogP contribution in [0.2, 0.25) is 19.6 Å². The standard InChI is InChI=1S/C14H19NOSi/c1-17(2,3)16-14(11-12-15)10-9-13-7-5-4-6-8-13/h4-10,14H,11H2,1-3H3/b10-9+. The van der Waals surface area contributed by atoms with E-state index in [1.807, 2.05) is 42.5 Å². The van der Waals surface area contributed by atoms with Crippen molar-refractivity contribution in [1.82, 2.24) is 0 Å². The van der Waals surface area contributed by atoms with Gasteiger partial charge in [-0.1, -0.05) is 42.5 Å². The molecule has 1 unspecified atom stereocenters. The quantitative estimate of drug-likeness (QED) is 0.738. The normalized spacial score (nSPS) is 13.5. The van der Waals surface area contributed by atoms with Crippen molar-refractivity contribution in [3.8, 4) is 6.07 Å². The lowest BCUT2D eigenvalue weighted by Crippen LogP contribution is -2.30. The monoisotopic (exact) mass is 245 g/mol. The summed E-state index contributed by atoms with van der Waals surface area (Å²) in [6.45, 7) is 6.40. The van der Waals surface area contributed by atoms with Gasteiger partial charge >= 0.3 is 0 Å². The molecule has 0 spiro atoms. The van der Waals surface area contributed by atoms with Gasteiger partial charge in [-0.25, -0.2) is 0 Å². The Morgan fingerprint density at radius 1 is 1.29 bits per heavy atom. The van der Waals surface area contributed by atoms with E-state index in [-0.39, 0.29) is 6.10 Å². The molecule has 0 aliphatic heterocycles. The number of hydrogen-bond acceptors (Lipinski definition) is 2. The van der Waals surface area contributed by atoms with Crippen molar-refractivity contribution < 1.29 is 4.43 Å². The van der Waals surface area contributed by atoms with Gasteiger partial charge in [0.05, 0.1) is 18.6 Å². The van der Waals surface area contributed by atoms with Gasteiger partial charge in [-0.05, 0) is 25.2 Å². The molecule has 0 N–H and O–H groups in total. The molecule has 1 aromatic carbocycles. The molecule has 0 aliphatic rings. The van der Waals surface area contributed by atoms with Crippen LogP contribution in [0.25, 0.3) is 6.08 Å². The first-order valence-electron chi connectivity index (χ1n) is 5.79. The van der Waals surface area contributed by atoms with Crippen LogP contribution in [0.5, 0.6) is 0 Å². The lowest BCUT2D eigenvalue weighted by molar-refractivity contribution is 0.248. The Morgan fingerprint density at radius 2 is 1.94 bits per heavy atom. The fourth-order valence-electron chi connectivity index (χ4n) is 1.48. The molecule has 0 aliphatic carbocycles. The predicted octanol–water partition coefficient (Wildman–Crippen LogP) is 3.83. The summed E-state index contributed by atoms with van der Waals surface area (Å²) in [4.78, 5) is 0. The zero-order valence-corrected chi connectivity index (χ0v) is 11.7. The van der Waals surface area contributed by atoms with Crippen molar-refractivity contribution in [2.45, 2.75) is 32.2 Å². The Hall–Kier alpha value is -1.37. The Bertz CT molecular complexity index is 400. The van der Waals surface area contributed by atoms with E-state index in [1.54, 1.807) is 0 Å². The number of nitriles is 1. The van der Waals surface area contributed by atoms with Gasteiger partial charge in [0, 0.05) is 0 Å². The smallest absolute Gasteiger partial charge is 0.184 e. The van der Waals surface area contributed by atoms with E-state index in [4.69, 9.17) is 9.69 Å².